The van der Waals surface area contributed by atoms with Crippen LogP contribution in [0.1, 0.15) is 50.2 Å². The summed E-state index contributed by atoms with van der Waals surface area (Å²) >= 11 is 0. The molecule has 0 aromatic heterocycles. The summed E-state index contributed by atoms with van der Waals surface area (Å²) in [6, 6.07) is 5.23. The maximum Gasteiger partial charge on any atom is 0.305 e. The summed E-state index contributed by atoms with van der Waals surface area (Å²) in [5.74, 6) is -1.33. The Kier molecular flexibility index (Phi) is 5.70. The van der Waals surface area contributed by atoms with E-state index in [1.165, 1.54) is 30.7 Å². The maximum atomic E-state index is 12.9. The zero-order chi connectivity index (χ0) is 15.2. The molecule has 0 saturated heterocycles. The van der Waals surface area contributed by atoms with Gasteiger partial charge in [-0.15, -0.1) is 0 Å². The van der Waals surface area contributed by atoms with Crippen molar-refractivity contribution in [3.05, 3.63) is 35.6 Å². The first-order chi connectivity index (χ1) is 10.1. The largest absolute Gasteiger partial charge is 0.481 e. The van der Waals surface area contributed by atoms with E-state index < -0.39 is 18.1 Å². The van der Waals surface area contributed by atoms with Gasteiger partial charge in [0.1, 0.15) is 5.82 Å². The van der Waals surface area contributed by atoms with Gasteiger partial charge < -0.3 is 15.5 Å². The minimum Gasteiger partial charge on any atom is -0.481 e. The Morgan fingerprint density at radius 3 is 2.43 bits per heavy atom. The van der Waals surface area contributed by atoms with Crippen molar-refractivity contribution in [2.45, 2.75) is 56.7 Å². The SMILES string of the molecule is O=C(O)CC(NC1CCCCC1)C(O)c1ccc(F)cc1. The Bertz CT molecular complexity index is 457. The van der Waals surface area contributed by atoms with Gasteiger partial charge in [-0.05, 0) is 30.5 Å². The van der Waals surface area contributed by atoms with E-state index in [4.69, 9.17) is 5.11 Å². The van der Waals surface area contributed by atoms with E-state index >= 15 is 0 Å². The lowest BCUT2D eigenvalue weighted by Gasteiger charge is -2.30. The molecular weight excluding hydrogens is 273 g/mol. The van der Waals surface area contributed by atoms with Crippen molar-refractivity contribution in [1.82, 2.24) is 5.32 Å². The van der Waals surface area contributed by atoms with Crippen molar-refractivity contribution >= 4 is 5.97 Å². The van der Waals surface area contributed by atoms with E-state index in [0.29, 0.717) is 5.56 Å². The van der Waals surface area contributed by atoms with Crippen LogP contribution in [-0.4, -0.2) is 28.3 Å². The van der Waals surface area contributed by atoms with Crippen molar-refractivity contribution in [2.24, 2.45) is 0 Å². The Morgan fingerprint density at radius 1 is 1.24 bits per heavy atom. The van der Waals surface area contributed by atoms with E-state index in [-0.39, 0.29) is 18.3 Å². The number of aliphatic hydroxyl groups is 1. The molecule has 0 aliphatic heterocycles. The monoisotopic (exact) mass is 295 g/mol. The predicted molar refractivity (Wildman–Crippen MR) is 77.4 cm³/mol. The van der Waals surface area contributed by atoms with Crippen LogP contribution in [0.3, 0.4) is 0 Å². The summed E-state index contributed by atoms with van der Waals surface area (Å²) in [4.78, 5) is 11.0. The molecule has 1 aromatic rings. The highest BCUT2D eigenvalue weighted by Gasteiger charge is 2.26. The van der Waals surface area contributed by atoms with Crippen LogP contribution in [-0.2, 0) is 4.79 Å². The third kappa shape index (κ3) is 4.79. The van der Waals surface area contributed by atoms with Gasteiger partial charge in [-0.3, -0.25) is 4.79 Å². The number of benzene rings is 1. The number of carboxylic acid groups (broad SMARTS) is 1. The van der Waals surface area contributed by atoms with Crippen molar-refractivity contribution < 1.29 is 19.4 Å². The minimum absolute atomic E-state index is 0.158. The molecule has 2 unspecified atom stereocenters. The fraction of sp³-hybridized carbons (Fsp3) is 0.562. The van der Waals surface area contributed by atoms with Gasteiger partial charge in [0, 0.05) is 12.1 Å². The molecule has 0 radical (unpaired) electrons. The van der Waals surface area contributed by atoms with E-state index in [2.05, 4.69) is 5.32 Å². The highest BCUT2D eigenvalue weighted by molar-refractivity contribution is 5.67. The molecule has 1 aromatic carbocycles. The van der Waals surface area contributed by atoms with Crippen molar-refractivity contribution in [2.75, 3.05) is 0 Å². The van der Waals surface area contributed by atoms with Gasteiger partial charge in [-0.1, -0.05) is 31.4 Å². The van der Waals surface area contributed by atoms with Gasteiger partial charge in [0.2, 0.25) is 0 Å². The second-order valence-corrected chi connectivity index (χ2v) is 5.70. The molecule has 1 aliphatic rings. The van der Waals surface area contributed by atoms with Crippen molar-refractivity contribution in [3.8, 4) is 0 Å². The number of rotatable bonds is 6. The lowest BCUT2D eigenvalue weighted by atomic mass is 9.92. The highest BCUT2D eigenvalue weighted by atomic mass is 19.1. The lowest BCUT2D eigenvalue weighted by molar-refractivity contribution is -0.138. The van der Waals surface area contributed by atoms with Crippen LogP contribution in [0.4, 0.5) is 4.39 Å². The first-order valence-corrected chi connectivity index (χ1v) is 7.47. The number of hydrogen-bond acceptors (Lipinski definition) is 3. The summed E-state index contributed by atoms with van der Waals surface area (Å²) in [6.07, 6.45) is 4.37. The lowest BCUT2D eigenvalue weighted by Crippen LogP contribution is -2.44. The van der Waals surface area contributed by atoms with Gasteiger partial charge in [0.05, 0.1) is 12.5 Å². The molecule has 0 heterocycles. The topological polar surface area (TPSA) is 69.6 Å². The Morgan fingerprint density at radius 2 is 1.86 bits per heavy atom. The van der Waals surface area contributed by atoms with Crippen LogP contribution in [0.15, 0.2) is 24.3 Å². The van der Waals surface area contributed by atoms with Crippen LogP contribution < -0.4 is 5.32 Å². The van der Waals surface area contributed by atoms with E-state index in [1.54, 1.807) is 0 Å². The minimum atomic E-state index is -0.955. The van der Waals surface area contributed by atoms with Crippen LogP contribution in [0.5, 0.6) is 0 Å². The molecule has 1 aliphatic carbocycles. The molecule has 0 bridgehead atoms. The molecule has 1 saturated carbocycles. The van der Waals surface area contributed by atoms with Gasteiger partial charge in [-0.2, -0.15) is 0 Å². The third-order valence-electron chi connectivity index (χ3n) is 4.04. The highest BCUT2D eigenvalue weighted by Crippen LogP contribution is 2.23. The molecular formula is C16H22FNO3. The fourth-order valence-electron chi connectivity index (χ4n) is 2.91. The maximum absolute atomic E-state index is 12.9. The van der Waals surface area contributed by atoms with Crippen LogP contribution >= 0.6 is 0 Å². The zero-order valence-electron chi connectivity index (χ0n) is 12.0. The molecule has 0 amide bonds. The number of nitrogens with one attached hydrogen (secondary N) is 1. The Hall–Kier alpha value is -1.46. The van der Waals surface area contributed by atoms with E-state index in [1.807, 2.05) is 0 Å². The predicted octanol–water partition coefficient (Wildman–Crippen LogP) is 2.62. The summed E-state index contributed by atoms with van der Waals surface area (Å²) in [7, 11) is 0. The number of hydrogen-bond donors (Lipinski definition) is 3. The molecule has 0 spiro atoms. The summed E-state index contributed by atoms with van der Waals surface area (Å²) in [6.45, 7) is 0. The average Bonchev–Trinajstić information content (AvgIpc) is 2.47. The number of aliphatic carboxylic acids is 1. The standard InChI is InChI=1S/C16H22FNO3/c17-12-8-6-11(7-9-12)16(21)14(10-15(19)20)18-13-4-2-1-3-5-13/h6-9,13-14,16,18,21H,1-5,10H2,(H,19,20). The molecule has 21 heavy (non-hydrogen) atoms. The average molecular weight is 295 g/mol. The van der Waals surface area contributed by atoms with Crippen molar-refractivity contribution in [3.63, 3.8) is 0 Å². The summed E-state index contributed by atoms with van der Waals surface area (Å²) in [5.41, 5.74) is 0.533. The quantitative estimate of drug-likeness (QED) is 0.754. The Balaban J connectivity index is 2.06. The van der Waals surface area contributed by atoms with Gasteiger partial charge in [0.25, 0.3) is 0 Å². The smallest absolute Gasteiger partial charge is 0.305 e. The molecule has 5 heteroatoms. The summed E-state index contributed by atoms with van der Waals surface area (Å²) < 4.78 is 12.9. The number of carbonyl (C=O) groups is 1. The summed E-state index contributed by atoms with van der Waals surface area (Å²) in [5, 5.41) is 22.7. The van der Waals surface area contributed by atoms with Gasteiger partial charge in [0.15, 0.2) is 0 Å². The van der Waals surface area contributed by atoms with Crippen molar-refractivity contribution in [1.29, 1.82) is 0 Å². The van der Waals surface area contributed by atoms with Crippen LogP contribution in [0.2, 0.25) is 0 Å². The van der Waals surface area contributed by atoms with Gasteiger partial charge >= 0.3 is 5.97 Å². The molecule has 116 valence electrons. The van der Waals surface area contributed by atoms with Gasteiger partial charge in [-0.25, -0.2) is 4.39 Å². The molecule has 2 atom stereocenters. The number of aliphatic hydroxyl groups excluding tert-OH is 1. The number of halogens is 1. The zero-order valence-corrected chi connectivity index (χ0v) is 12.0. The van der Waals surface area contributed by atoms with Crippen LogP contribution in [0.25, 0.3) is 0 Å². The number of carboxylic acids is 1. The second kappa shape index (κ2) is 7.52. The van der Waals surface area contributed by atoms with E-state index in [9.17, 15) is 14.3 Å². The molecule has 3 N–H and O–H groups in total. The van der Waals surface area contributed by atoms with Crippen LogP contribution in [0, 0.1) is 5.82 Å². The molecule has 4 nitrogen and oxygen atoms in total. The normalized spacial score (nSPS) is 19.1. The first kappa shape index (κ1) is 15.9. The second-order valence-electron chi connectivity index (χ2n) is 5.70. The Labute approximate surface area is 124 Å². The third-order valence-corrected chi connectivity index (χ3v) is 4.04. The first-order valence-electron chi connectivity index (χ1n) is 7.47. The fourth-order valence-corrected chi connectivity index (χ4v) is 2.91. The molecule has 1 fully saturated rings. The van der Waals surface area contributed by atoms with E-state index in [0.717, 1.165) is 25.7 Å². The molecule has 2 rings (SSSR count).